The van der Waals surface area contributed by atoms with Crippen LogP contribution in [0.25, 0.3) is 0 Å². The first-order chi connectivity index (χ1) is 12.3. The Bertz CT molecular complexity index is 692. The highest BCUT2D eigenvalue weighted by atomic mass is 16.5. The Morgan fingerprint density at radius 3 is 3.08 bits per heavy atom. The number of amides is 1. The number of benzene rings is 1. The Morgan fingerprint density at radius 1 is 1.40 bits per heavy atom. The molecule has 1 amide bonds. The standard InChI is InChI=1S/C19H26N4O2/c1-25-18-7-3-2-5-15(18)8-11-21-19(24)14-23-17(9-12-22-23)16-6-4-10-20-13-16/h2-3,5,7,9,12,16,20H,4,6,8,10-11,13-14H2,1H3,(H,21,24). The van der Waals surface area contributed by atoms with Crippen molar-refractivity contribution in [2.75, 3.05) is 26.7 Å². The molecular weight excluding hydrogens is 316 g/mol. The lowest BCUT2D eigenvalue weighted by Crippen LogP contribution is -2.33. The summed E-state index contributed by atoms with van der Waals surface area (Å²) in [5.74, 6) is 1.29. The predicted molar refractivity (Wildman–Crippen MR) is 96.8 cm³/mol. The monoisotopic (exact) mass is 342 g/mol. The first-order valence-electron chi connectivity index (χ1n) is 8.89. The summed E-state index contributed by atoms with van der Waals surface area (Å²) in [6.45, 7) is 2.89. The zero-order valence-corrected chi connectivity index (χ0v) is 14.7. The summed E-state index contributed by atoms with van der Waals surface area (Å²) in [6, 6.07) is 9.91. The molecule has 2 N–H and O–H groups in total. The Balaban J connectivity index is 1.51. The van der Waals surface area contributed by atoms with Gasteiger partial charge in [-0.15, -0.1) is 0 Å². The van der Waals surface area contributed by atoms with Crippen molar-refractivity contribution in [1.29, 1.82) is 0 Å². The number of carbonyl (C=O) groups excluding carboxylic acids is 1. The molecule has 1 unspecified atom stereocenters. The molecule has 1 atom stereocenters. The summed E-state index contributed by atoms with van der Waals surface area (Å²) >= 11 is 0. The number of nitrogens with one attached hydrogen (secondary N) is 2. The van der Waals surface area contributed by atoms with Crippen LogP contribution in [0.15, 0.2) is 36.5 Å². The molecule has 3 rings (SSSR count). The van der Waals surface area contributed by atoms with Gasteiger partial charge in [0.1, 0.15) is 12.3 Å². The van der Waals surface area contributed by atoms with Crippen LogP contribution < -0.4 is 15.4 Å². The highest BCUT2D eigenvalue weighted by Crippen LogP contribution is 2.22. The van der Waals surface area contributed by atoms with Gasteiger partial charge in [0, 0.05) is 30.9 Å². The van der Waals surface area contributed by atoms with Crippen molar-refractivity contribution >= 4 is 5.91 Å². The van der Waals surface area contributed by atoms with E-state index in [4.69, 9.17) is 4.74 Å². The van der Waals surface area contributed by atoms with Crippen molar-refractivity contribution in [3.05, 3.63) is 47.8 Å². The second-order valence-electron chi connectivity index (χ2n) is 6.37. The number of hydrogen-bond acceptors (Lipinski definition) is 4. The minimum Gasteiger partial charge on any atom is -0.496 e. The Labute approximate surface area is 148 Å². The van der Waals surface area contributed by atoms with Crippen LogP contribution in [-0.4, -0.2) is 42.4 Å². The quantitative estimate of drug-likeness (QED) is 0.804. The first kappa shape index (κ1) is 17.5. The number of para-hydroxylation sites is 1. The van der Waals surface area contributed by atoms with Crippen LogP contribution in [0.3, 0.4) is 0 Å². The van der Waals surface area contributed by atoms with Gasteiger partial charge in [-0.3, -0.25) is 9.48 Å². The number of methoxy groups -OCH3 is 1. The van der Waals surface area contributed by atoms with Gasteiger partial charge < -0.3 is 15.4 Å². The van der Waals surface area contributed by atoms with Crippen LogP contribution in [0.4, 0.5) is 0 Å². The van der Waals surface area contributed by atoms with Gasteiger partial charge in [-0.1, -0.05) is 18.2 Å². The number of rotatable bonds is 7. The third kappa shape index (κ3) is 4.60. The van der Waals surface area contributed by atoms with Crippen LogP contribution in [0, 0.1) is 0 Å². The second kappa shape index (κ2) is 8.67. The van der Waals surface area contributed by atoms with E-state index in [1.165, 1.54) is 6.42 Å². The van der Waals surface area contributed by atoms with Crippen molar-refractivity contribution in [3.63, 3.8) is 0 Å². The van der Waals surface area contributed by atoms with Gasteiger partial charge in [0.2, 0.25) is 5.91 Å². The fourth-order valence-corrected chi connectivity index (χ4v) is 3.36. The van der Waals surface area contributed by atoms with Gasteiger partial charge in [-0.2, -0.15) is 5.10 Å². The fourth-order valence-electron chi connectivity index (χ4n) is 3.36. The third-order valence-corrected chi connectivity index (χ3v) is 4.67. The molecule has 6 nitrogen and oxygen atoms in total. The Morgan fingerprint density at radius 2 is 2.28 bits per heavy atom. The Hall–Kier alpha value is -2.34. The smallest absolute Gasteiger partial charge is 0.241 e. The van der Waals surface area contributed by atoms with Gasteiger partial charge in [-0.05, 0) is 43.5 Å². The van der Waals surface area contributed by atoms with Crippen molar-refractivity contribution < 1.29 is 9.53 Å². The van der Waals surface area contributed by atoms with Crippen molar-refractivity contribution in [3.8, 4) is 5.75 Å². The van der Waals surface area contributed by atoms with Gasteiger partial charge >= 0.3 is 0 Å². The molecule has 0 saturated carbocycles. The summed E-state index contributed by atoms with van der Waals surface area (Å²) in [4.78, 5) is 12.3. The van der Waals surface area contributed by atoms with E-state index in [-0.39, 0.29) is 12.5 Å². The molecule has 6 heteroatoms. The molecule has 2 aromatic rings. The second-order valence-corrected chi connectivity index (χ2v) is 6.37. The average molecular weight is 342 g/mol. The topological polar surface area (TPSA) is 68.2 Å². The van der Waals surface area contributed by atoms with E-state index in [9.17, 15) is 4.79 Å². The highest BCUT2D eigenvalue weighted by molar-refractivity contribution is 5.75. The maximum absolute atomic E-state index is 12.3. The van der Waals surface area contributed by atoms with E-state index in [1.54, 1.807) is 13.3 Å². The van der Waals surface area contributed by atoms with E-state index < -0.39 is 0 Å². The summed E-state index contributed by atoms with van der Waals surface area (Å²) in [5.41, 5.74) is 2.24. The molecule has 0 spiro atoms. The molecule has 0 radical (unpaired) electrons. The average Bonchev–Trinajstić information content (AvgIpc) is 3.11. The number of carbonyl (C=O) groups is 1. The molecule has 25 heavy (non-hydrogen) atoms. The van der Waals surface area contributed by atoms with Gasteiger partial charge in [0.05, 0.1) is 7.11 Å². The van der Waals surface area contributed by atoms with Crippen LogP contribution in [0.1, 0.15) is 30.0 Å². The maximum atomic E-state index is 12.3. The number of hydrogen-bond donors (Lipinski definition) is 2. The fraction of sp³-hybridized carbons (Fsp3) is 0.474. The number of aromatic nitrogens is 2. The molecule has 1 aromatic heterocycles. The Kier molecular flexibility index (Phi) is 6.06. The van der Waals surface area contributed by atoms with Crippen LogP contribution in [0.5, 0.6) is 5.75 Å². The van der Waals surface area contributed by atoms with Gasteiger partial charge in [-0.25, -0.2) is 0 Å². The van der Waals surface area contributed by atoms with E-state index >= 15 is 0 Å². The molecule has 134 valence electrons. The van der Waals surface area contributed by atoms with Crippen molar-refractivity contribution in [2.24, 2.45) is 0 Å². The maximum Gasteiger partial charge on any atom is 0.241 e. The zero-order valence-electron chi connectivity index (χ0n) is 14.7. The van der Waals surface area contributed by atoms with E-state index in [0.717, 1.165) is 42.9 Å². The normalized spacial score (nSPS) is 17.2. The molecule has 1 aliphatic heterocycles. The molecule has 0 bridgehead atoms. The first-order valence-corrected chi connectivity index (χ1v) is 8.89. The minimum atomic E-state index is -0.0105. The largest absolute Gasteiger partial charge is 0.496 e. The van der Waals surface area contributed by atoms with Gasteiger partial charge in [0.15, 0.2) is 0 Å². The summed E-state index contributed by atoms with van der Waals surface area (Å²) < 4.78 is 7.17. The van der Waals surface area contributed by atoms with E-state index in [2.05, 4.69) is 15.7 Å². The third-order valence-electron chi connectivity index (χ3n) is 4.67. The van der Waals surface area contributed by atoms with Crippen LogP contribution in [0.2, 0.25) is 0 Å². The zero-order chi connectivity index (χ0) is 17.5. The van der Waals surface area contributed by atoms with Crippen molar-refractivity contribution in [1.82, 2.24) is 20.4 Å². The lowest BCUT2D eigenvalue weighted by molar-refractivity contribution is -0.121. The summed E-state index contributed by atoms with van der Waals surface area (Å²) in [7, 11) is 1.66. The SMILES string of the molecule is COc1ccccc1CCNC(=O)Cn1nccc1C1CCCNC1. The predicted octanol–water partition coefficient (Wildman–Crippen LogP) is 1.72. The number of piperidine rings is 1. The van der Waals surface area contributed by atoms with E-state index in [0.29, 0.717) is 12.5 Å². The lowest BCUT2D eigenvalue weighted by Gasteiger charge is -2.23. The molecular formula is C19H26N4O2. The van der Waals surface area contributed by atoms with Crippen molar-refractivity contribution in [2.45, 2.75) is 31.7 Å². The number of ether oxygens (including phenoxy) is 1. The van der Waals surface area contributed by atoms with Crippen LogP contribution in [-0.2, 0) is 17.8 Å². The number of nitrogens with zero attached hydrogens (tertiary/aromatic N) is 2. The minimum absolute atomic E-state index is 0.0105. The molecule has 1 saturated heterocycles. The molecule has 0 aliphatic carbocycles. The van der Waals surface area contributed by atoms with E-state index in [1.807, 2.05) is 35.0 Å². The molecule has 2 heterocycles. The van der Waals surface area contributed by atoms with Gasteiger partial charge in [0.25, 0.3) is 0 Å². The molecule has 1 aromatic carbocycles. The molecule has 1 fully saturated rings. The summed E-state index contributed by atoms with van der Waals surface area (Å²) in [5, 5.41) is 10.7. The highest BCUT2D eigenvalue weighted by Gasteiger charge is 2.19. The molecule has 1 aliphatic rings. The lowest BCUT2D eigenvalue weighted by atomic mass is 9.96. The summed E-state index contributed by atoms with van der Waals surface area (Å²) in [6.07, 6.45) is 4.84. The van der Waals surface area contributed by atoms with Crippen LogP contribution >= 0.6 is 0 Å².